The summed E-state index contributed by atoms with van der Waals surface area (Å²) in [6.07, 6.45) is 2.77. The van der Waals surface area contributed by atoms with Crippen LogP contribution in [-0.4, -0.2) is 28.1 Å². The second-order valence-corrected chi connectivity index (χ2v) is 3.21. The van der Waals surface area contributed by atoms with Gasteiger partial charge in [0.05, 0.1) is 6.54 Å². The lowest BCUT2D eigenvalue weighted by atomic mass is 10.3. The van der Waals surface area contributed by atoms with Crippen LogP contribution in [0, 0.1) is 0 Å². The molecule has 0 bridgehead atoms. The van der Waals surface area contributed by atoms with Crippen LogP contribution in [-0.2, 0) is 6.54 Å². The maximum Gasteiger partial charge on any atom is 0.270 e. The largest absolute Gasteiger partial charge is 0.388 e. The Labute approximate surface area is 97.2 Å². The molecular formula is C10H11N5O2. The third-order valence-electron chi connectivity index (χ3n) is 2.10. The summed E-state index contributed by atoms with van der Waals surface area (Å²) in [4.78, 5) is 19.5. The van der Waals surface area contributed by atoms with Gasteiger partial charge in [0.15, 0.2) is 5.82 Å². The molecule has 0 aromatic carbocycles. The van der Waals surface area contributed by atoms with Crippen molar-refractivity contribution in [3.63, 3.8) is 0 Å². The summed E-state index contributed by atoms with van der Waals surface area (Å²) in [6, 6.07) is 3.43. The number of pyridine rings is 1. The highest BCUT2D eigenvalue weighted by atomic mass is 16.5. The minimum Gasteiger partial charge on any atom is -0.388 e. The van der Waals surface area contributed by atoms with Crippen molar-refractivity contribution in [2.45, 2.75) is 6.54 Å². The molecule has 0 unspecified atom stereocenters. The highest BCUT2D eigenvalue weighted by Gasteiger charge is 2.08. The van der Waals surface area contributed by atoms with Crippen LogP contribution >= 0.6 is 0 Å². The fraction of sp³-hybridized carbons (Fsp3) is 0.200. The van der Waals surface area contributed by atoms with Gasteiger partial charge in [0.1, 0.15) is 5.69 Å². The second-order valence-electron chi connectivity index (χ2n) is 3.21. The standard InChI is InChI=1S/C10H11N5O2/c1-11-7-2-3-12-8(4-7)10(16)13-5-9-14-6-17-15-9/h2-4,6H,5H2,1H3,(H,11,12)(H,13,16). The quantitative estimate of drug-likeness (QED) is 0.795. The number of carbonyl (C=O) groups excluding carboxylic acids is 1. The van der Waals surface area contributed by atoms with Crippen molar-refractivity contribution < 1.29 is 9.32 Å². The normalized spacial score (nSPS) is 9.94. The minimum atomic E-state index is -0.285. The first-order chi connectivity index (χ1) is 8.29. The van der Waals surface area contributed by atoms with E-state index in [1.54, 1.807) is 25.4 Å². The number of hydrogen-bond acceptors (Lipinski definition) is 6. The van der Waals surface area contributed by atoms with E-state index in [1.165, 1.54) is 6.39 Å². The van der Waals surface area contributed by atoms with Crippen LogP contribution in [0.2, 0.25) is 0 Å². The van der Waals surface area contributed by atoms with E-state index in [-0.39, 0.29) is 12.5 Å². The molecule has 17 heavy (non-hydrogen) atoms. The zero-order valence-electron chi connectivity index (χ0n) is 9.17. The van der Waals surface area contributed by atoms with Crippen molar-refractivity contribution in [1.29, 1.82) is 0 Å². The maximum atomic E-state index is 11.7. The smallest absolute Gasteiger partial charge is 0.270 e. The van der Waals surface area contributed by atoms with Gasteiger partial charge in [0, 0.05) is 18.9 Å². The fourth-order valence-corrected chi connectivity index (χ4v) is 1.23. The Bertz CT molecular complexity index is 497. The van der Waals surface area contributed by atoms with Gasteiger partial charge in [-0.3, -0.25) is 9.78 Å². The number of anilines is 1. The Balaban J connectivity index is 1.99. The van der Waals surface area contributed by atoms with Crippen molar-refractivity contribution in [1.82, 2.24) is 20.4 Å². The lowest BCUT2D eigenvalue weighted by Crippen LogP contribution is -2.24. The fourth-order valence-electron chi connectivity index (χ4n) is 1.23. The molecule has 0 spiro atoms. The molecular weight excluding hydrogens is 222 g/mol. The summed E-state index contributed by atoms with van der Waals surface area (Å²) >= 11 is 0. The number of nitrogens with one attached hydrogen (secondary N) is 2. The van der Waals surface area contributed by atoms with E-state index in [4.69, 9.17) is 0 Å². The molecule has 0 aliphatic carbocycles. The van der Waals surface area contributed by atoms with Gasteiger partial charge < -0.3 is 15.2 Å². The molecule has 2 rings (SSSR count). The van der Waals surface area contributed by atoms with E-state index in [9.17, 15) is 4.79 Å². The molecule has 0 radical (unpaired) electrons. The predicted molar refractivity (Wildman–Crippen MR) is 59.3 cm³/mol. The molecule has 0 saturated carbocycles. The van der Waals surface area contributed by atoms with Crippen molar-refractivity contribution in [3.8, 4) is 0 Å². The minimum absolute atomic E-state index is 0.209. The van der Waals surface area contributed by atoms with Gasteiger partial charge in [-0.2, -0.15) is 4.98 Å². The summed E-state index contributed by atoms with van der Waals surface area (Å²) in [5.74, 6) is 0.134. The van der Waals surface area contributed by atoms with Crippen LogP contribution in [0.15, 0.2) is 29.2 Å². The lowest BCUT2D eigenvalue weighted by Gasteiger charge is -2.04. The second kappa shape index (κ2) is 5.06. The van der Waals surface area contributed by atoms with Gasteiger partial charge in [-0.25, -0.2) is 0 Å². The van der Waals surface area contributed by atoms with E-state index in [2.05, 4.69) is 30.3 Å². The number of amides is 1. The Morgan fingerprint density at radius 1 is 1.47 bits per heavy atom. The van der Waals surface area contributed by atoms with Gasteiger partial charge >= 0.3 is 0 Å². The first-order valence-corrected chi connectivity index (χ1v) is 4.97. The van der Waals surface area contributed by atoms with E-state index < -0.39 is 0 Å². The van der Waals surface area contributed by atoms with Crippen molar-refractivity contribution in [3.05, 3.63) is 36.2 Å². The Morgan fingerprint density at radius 2 is 2.35 bits per heavy atom. The third kappa shape index (κ3) is 2.77. The molecule has 2 heterocycles. The first-order valence-electron chi connectivity index (χ1n) is 4.97. The van der Waals surface area contributed by atoms with E-state index in [0.717, 1.165) is 5.69 Å². The van der Waals surface area contributed by atoms with Crippen LogP contribution in [0.5, 0.6) is 0 Å². The topological polar surface area (TPSA) is 92.9 Å². The summed E-state index contributed by atoms with van der Waals surface area (Å²) in [5, 5.41) is 9.15. The number of nitrogens with zero attached hydrogens (tertiary/aromatic N) is 3. The van der Waals surface area contributed by atoms with Crippen LogP contribution < -0.4 is 10.6 Å². The van der Waals surface area contributed by atoms with E-state index in [1.807, 2.05) is 0 Å². The van der Waals surface area contributed by atoms with Gasteiger partial charge in [0.2, 0.25) is 6.39 Å². The molecule has 2 aromatic heterocycles. The number of rotatable bonds is 4. The Hall–Kier alpha value is -2.44. The Morgan fingerprint density at radius 3 is 3.06 bits per heavy atom. The average molecular weight is 233 g/mol. The summed E-state index contributed by atoms with van der Waals surface area (Å²) in [7, 11) is 1.77. The molecule has 7 heteroatoms. The molecule has 0 saturated heterocycles. The highest BCUT2D eigenvalue weighted by Crippen LogP contribution is 2.06. The van der Waals surface area contributed by atoms with Crippen LogP contribution in [0.25, 0.3) is 0 Å². The van der Waals surface area contributed by atoms with Crippen LogP contribution in [0.4, 0.5) is 5.69 Å². The average Bonchev–Trinajstić information content (AvgIpc) is 2.89. The predicted octanol–water partition coefficient (Wildman–Crippen LogP) is 0.436. The molecule has 2 N–H and O–H groups in total. The summed E-state index contributed by atoms with van der Waals surface area (Å²) < 4.78 is 4.55. The molecule has 0 fully saturated rings. The molecule has 0 atom stereocenters. The number of carbonyl (C=O) groups is 1. The Kier molecular flexibility index (Phi) is 3.29. The highest BCUT2D eigenvalue weighted by molar-refractivity contribution is 5.92. The zero-order chi connectivity index (χ0) is 12.1. The zero-order valence-corrected chi connectivity index (χ0v) is 9.17. The van der Waals surface area contributed by atoms with Crippen LogP contribution in [0.3, 0.4) is 0 Å². The summed E-state index contributed by atoms with van der Waals surface area (Å²) in [6.45, 7) is 0.209. The van der Waals surface area contributed by atoms with Gasteiger partial charge in [-0.05, 0) is 12.1 Å². The molecule has 88 valence electrons. The maximum absolute atomic E-state index is 11.7. The summed E-state index contributed by atoms with van der Waals surface area (Å²) in [5.41, 5.74) is 1.16. The van der Waals surface area contributed by atoms with E-state index in [0.29, 0.717) is 11.5 Å². The monoisotopic (exact) mass is 233 g/mol. The number of aromatic nitrogens is 3. The van der Waals surface area contributed by atoms with Crippen molar-refractivity contribution in [2.75, 3.05) is 12.4 Å². The first kappa shape index (κ1) is 11.1. The molecule has 7 nitrogen and oxygen atoms in total. The SMILES string of the molecule is CNc1ccnc(C(=O)NCc2ncon2)c1. The van der Waals surface area contributed by atoms with Crippen LogP contribution in [0.1, 0.15) is 16.3 Å². The molecule has 1 amide bonds. The van der Waals surface area contributed by atoms with Gasteiger partial charge in [0.25, 0.3) is 5.91 Å². The van der Waals surface area contributed by atoms with Gasteiger partial charge in [-0.1, -0.05) is 5.16 Å². The van der Waals surface area contributed by atoms with E-state index >= 15 is 0 Å². The van der Waals surface area contributed by atoms with Gasteiger partial charge in [-0.15, -0.1) is 0 Å². The molecule has 0 aliphatic heterocycles. The lowest BCUT2D eigenvalue weighted by molar-refractivity contribution is 0.0944. The van der Waals surface area contributed by atoms with Crippen molar-refractivity contribution >= 4 is 11.6 Å². The third-order valence-corrected chi connectivity index (χ3v) is 2.10. The molecule has 2 aromatic rings. The number of hydrogen-bond donors (Lipinski definition) is 2. The van der Waals surface area contributed by atoms with Crippen molar-refractivity contribution in [2.24, 2.45) is 0 Å². The molecule has 0 aliphatic rings.